The van der Waals surface area contributed by atoms with Crippen molar-refractivity contribution in [2.45, 2.75) is 38.0 Å². The molecule has 2 rings (SSSR count). The van der Waals surface area contributed by atoms with E-state index in [9.17, 15) is 0 Å². The Hall–Kier alpha value is -1.34. The van der Waals surface area contributed by atoms with Crippen LogP contribution in [0.2, 0.25) is 0 Å². The highest BCUT2D eigenvalue weighted by atomic mass is 15.1. The first-order valence-corrected chi connectivity index (χ1v) is 6.37. The molecule has 0 bridgehead atoms. The van der Waals surface area contributed by atoms with Gasteiger partial charge in [-0.05, 0) is 39.4 Å². The minimum Gasteiger partial charge on any atom is -0.345 e. The first-order chi connectivity index (χ1) is 8.24. The number of imidazole rings is 1. The Morgan fingerprint density at radius 3 is 2.88 bits per heavy atom. The van der Waals surface area contributed by atoms with Gasteiger partial charge >= 0.3 is 0 Å². The summed E-state index contributed by atoms with van der Waals surface area (Å²) in [7, 11) is 2.16. The number of nitrogens with zero attached hydrogens (tertiary/aromatic N) is 3. The van der Waals surface area contributed by atoms with Crippen molar-refractivity contribution >= 4 is 0 Å². The van der Waals surface area contributed by atoms with Crippen LogP contribution in [-0.2, 0) is 0 Å². The molecule has 1 aliphatic heterocycles. The molecule has 92 valence electrons. The number of piperidine rings is 1. The van der Waals surface area contributed by atoms with Gasteiger partial charge in [-0.2, -0.15) is 5.26 Å². The molecule has 4 nitrogen and oxygen atoms in total. The molecule has 0 radical (unpaired) electrons. The summed E-state index contributed by atoms with van der Waals surface area (Å²) in [4.78, 5) is 10.1. The van der Waals surface area contributed by atoms with Gasteiger partial charge in [0, 0.05) is 17.8 Å². The highest BCUT2D eigenvalue weighted by Gasteiger charge is 2.21. The molecule has 1 N–H and O–H groups in total. The van der Waals surface area contributed by atoms with E-state index in [0.29, 0.717) is 5.92 Å². The predicted octanol–water partition coefficient (Wildman–Crippen LogP) is 2.24. The first kappa shape index (κ1) is 12.1. The van der Waals surface area contributed by atoms with Crippen LogP contribution in [0.15, 0.2) is 6.20 Å². The fourth-order valence-corrected chi connectivity index (χ4v) is 2.40. The summed E-state index contributed by atoms with van der Waals surface area (Å²) < 4.78 is 0. The molecule has 17 heavy (non-hydrogen) atoms. The summed E-state index contributed by atoms with van der Waals surface area (Å²) in [6.07, 6.45) is 5.10. The number of H-pyrrole nitrogens is 1. The number of rotatable bonds is 3. The van der Waals surface area contributed by atoms with E-state index in [4.69, 9.17) is 5.26 Å². The smallest absolute Gasteiger partial charge is 0.123 e. The molecule has 0 aromatic carbocycles. The number of aromatic amines is 1. The van der Waals surface area contributed by atoms with Gasteiger partial charge < -0.3 is 9.88 Å². The van der Waals surface area contributed by atoms with Gasteiger partial charge in [0.05, 0.1) is 6.07 Å². The van der Waals surface area contributed by atoms with E-state index in [1.807, 2.05) is 13.1 Å². The zero-order chi connectivity index (χ0) is 12.3. The second kappa shape index (κ2) is 5.33. The van der Waals surface area contributed by atoms with Crippen LogP contribution in [0.5, 0.6) is 0 Å². The molecule has 1 atom stereocenters. The lowest BCUT2D eigenvalue weighted by Gasteiger charge is -2.28. The normalized spacial score (nSPS) is 20.1. The van der Waals surface area contributed by atoms with Crippen LogP contribution < -0.4 is 0 Å². The Balaban J connectivity index is 2.06. The second-order valence-corrected chi connectivity index (χ2v) is 4.89. The molecule has 1 unspecified atom stereocenters. The average Bonchev–Trinajstić information content (AvgIpc) is 2.81. The van der Waals surface area contributed by atoms with Crippen molar-refractivity contribution in [2.75, 3.05) is 20.1 Å². The number of nitriles is 1. The van der Waals surface area contributed by atoms with Crippen molar-refractivity contribution in [2.24, 2.45) is 0 Å². The van der Waals surface area contributed by atoms with E-state index >= 15 is 0 Å². The Morgan fingerprint density at radius 1 is 1.59 bits per heavy atom. The fourth-order valence-electron chi connectivity index (χ4n) is 2.40. The number of hydrogen-bond donors (Lipinski definition) is 1. The van der Waals surface area contributed by atoms with Gasteiger partial charge in [0.15, 0.2) is 0 Å². The highest BCUT2D eigenvalue weighted by molar-refractivity contribution is 5.15. The average molecular weight is 232 g/mol. The minimum absolute atomic E-state index is 0.0879. The van der Waals surface area contributed by atoms with E-state index in [1.165, 1.54) is 18.5 Å². The molecule has 1 saturated heterocycles. The van der Waals surface area contributed by atoms with Crippen LogP contribution >= 0.6 is 0 Å². The third-order valence-electron chi connectivity index (χ3n) is 3.67. The summed E-state index contributed by atoms with van der Waals surface area (Å²) >= 11 is 0. The van der Waals surface area contributed by atoms with Crippen molar-refractivity contribution in [3.8, 4) is 6.07 Å². The van der Waals surface area contributed by atoms with Gasteiger partial charge in [0.2, 0.25) is 0 Å². The van der Waals surface area contributed by atoms with Gasteiger partial charge in [-0.15, -0.1) is 0 Å². The number of aromatic nitrogens is 2. The predicted molar refractivity (Wildman–Crippen MR) is 66.7 cm³/mol. The van der Waals surface area contributed by atoms with E-state index in [2.05, 4.69) is 28.0 Å². The SMILES string of the molecule is CCC(C#N)c1ncc(C2CCN(C)CC2)[nH]1. The molecule has 4 heteroatoms. The van der Waals surface area contributed by atoms with Crippen LogP contribution in [0.3, 0.4) is 0 Å². The highest BCUT2D eigenvalue weighted by Crippen LogP contribution is 2.27. The second-order valence-electron chi connectivity index (χ2n) is 4.89. The third kappa shape index (κ3) is 2.67. The summed E-state index contributed by atoms with van der Waals surface area (Å²) in [5.74, 6) is 1.34. The van der Waals surface area contributed by atoms with Crippen LogP contribution in [0.4, 0.5) is 0 Å². The van der Waals surface area contributed by atoms with E-state index in [-0.39, 0.29) is 5.92 Å². The van der Waals surface area contributed by atoms with Crippen molar-refractivity contribution in [1.29, 1.82) is 5.26 Å². The molecule has 1 aromatic heterocycles. The number of nitrogens with one attached hydrogen (secondary N) is 1. The molecule has 0 amide bonds. The Morgan fingerprint density at radius 2 is 2.29 bits per heavy atom. The third-order valence-corrected chi connectivity index (χ3v) is 3.67. The van der Waals surface area contributed by atoms with E-state index in [0.717, 1.165) is 25.3 Å². The lowest BCUT2D eigenvalue weighted by Crippen LogP contribution is -2.29. The van der Waals surface area contributed by atoms with Gasteiger partial charge in [-0.25, -0.2) is 4.98 Å². The quantitative estimate of drug-likeness (QED) is 0.869. The molecule has 0 aliphatic carbocycles. The lowest BCUT2D eigenvalue weighted by atomic mass is 9.94. The van der Waals surface area contributed by atoms with E-state index < -0.39 is 0 Å². The van der Waals surface area contributed by atoms with Crippen molar-refractivity contribution in [1.82, 2.24) is 14.9 Å². The molecule has 1 fully saturated rings. The Kier molecular flexibility index (Phi) is 3.80. The Bertz CT molecular complexity index is 396. The van der Waals surface area contributed by atoms with Crippen molar-refractivity contribution in [3.05, 3.63) is 17.7 Å². The van der Waals surface area contributed by atoms with E-state index in [1.54, 1.807) is 0 Å². The van der Waals surface area contributed by atoms with Crippen LogP contribution in [-0.4, -0.2) is 35.0 Å². The van der Waals surface area contributed by atoms with Gasteiger partial charge in [0.25, 0.3) is 0 Å². The van der Waals surface area contributed by atoms with Crippen LogP contribution in [0.1, 0.15) is 49.5 Å². The maximum absolute atomic E-state index is 9.02. The first-order valence-electron chi connectivity index (χ1n) is 6.37. The summed E-state index contributed by atoms with van der Waals surface area (Å²) in [5, 5.41) is 9.02. The number of likely N-dealkylation sites (tertiary alicyclic amines) is 1. The summed E-state index contributed by atoms with van der Waals surface area (Å²) in [6, 6.07) is 2.29. The molecule has 0 spiro atoms. The maximum Gasteiger partial charge on any atom is 0.123 e. The van der Waals surface area contributed by atoms with Gasteiger partial charge in [-0.1, -0.05) is 6.92 Å². The molecule has 2 heterocycles. The fraction of sp³-hybridized carbons (Fsp3) is 0.692. The van der Waals surface area contributed by atoms with Crippen LogP contribution in [0, 0.1) is 11.3 Å². The molecule has 0 saturated carbocycles. The lowest BCUT2D eigenvalue weighted by molar-refractivity contribution is 0.253. The topological polar surface area (TPSA) is 55.7 Å². The van der Waals surface area contributed by atoms with Gasteiger partial charge in [0.1, 0.15) is 11.7 Å². The zero-order valence-electron chi connectivity index (χ0n) is 10.6. The number of hydrogen-bond acceptors (Lipinski definition) is 3. The Labute approximate surface area is 103 Å². The standard InChI is InChI=1S/C13H20N4/c1-3-10(8-14)13-15-9-12(16-13)11-4-6-17(2)7-5-11/h9-11H,3-7H2,1-2H3,(H,15,16). The minimum atomic E-state index is -0.0879. The summed E-state index contributed by atoms with van der Waals surface area (Å²) in [6.45, 7) is 4.31. The summed E-state index contributed by atoms with van der Waals surface area (Å²) in [5.41, 5.74) is 1.21. The zero-order valence-corrected chi connectivity index (χ0v) is 10.6. The largest absolute Gasteiger partial charge is 0.345 e. The maximum atomic E-state index is 9.02. The molecule has 1 aliphatic rings. The monoisotopic (exact) mass is 232 g/mol. The van der Waals surface area contributed by atoms with Crippen molar-refractivity contribution < 1.29 is 0 Å². The molecule has 1 aromatic rings. The van der Waals surface area contributed by atoms with Crippen molar-refractivity contribution in [3.63, 3.8) is 0 Å². The molecular formula is C13H20N4. The van der Waals surface area contributed by atoms with Crippen LogP contribution in [0.25, 0.3) is 0 Å². The van der Waals surface area contributed by atoms with Gasteiger partial charge in [-0.3, -0.25) is 0 Å². The molecular weight excluding hydrogens is 212 g/mol.